The lowest BCUT2D eigenvalue weighted by Gasteiger charge is -2.25. The van der Waals surface area contributed by atoms with Crippen LogP contribution in [0, 0.1) is 5.82 Å². The van der Waals surface area contributed by atoms with Gasteiger partial charge in [-0.15, -0.1) is 0 Å². The Hall–Kier alpha value is -2.20. The molecule has 138 valence electrons. The van der Waals surface area contributed by atoms with E-state index in [9.17, 15) is 9.18 Å². The van der Waals surface area contributed by atoms with Crippen molar-refractivity contribution in [1.29, 1.82) is 0 Å². The van der Waals surface area contributed by atoms with E-state index in [0.29, 0.717) is 19.0 Å². The van der Waals surface area contributed by atoms with Gasteiger partial charge < -0.3 is 10.2 Å². The van der Waals surface area contributed by atoms with Crippen LogP contribution in [0.3, 0.4) is 0 Å². The Kier molecular flexibility index (Phi) is 6.78. The SMILES string of the molecule is O=C1CC[C@@H](CCNCc2cccc(F)c2)N1CCCc1ccccc1. The molecule has 0 aliphatic carbocycles. The molecule has 1 aliphatic heterocycles. The van der Waals surface area contributed by atoms with Gasteiger partial charge in [0.15, 0.2) is 0 Å². The molecular weight excluding hydrogens is 327 g/mol. The van der Waals surface area contributed by atoms with Crippen LogP contribution < -0.4 is 5.32 Å². The quantitative estimate of drug-likeness (QED) is 0.692. The van der Waals surface area contributed by atoms with E-state index in [1.807, 2.05) is 12.1 Å². The van der Waals surface area contributed by atoms with E-state index in [4.69, 9.17) is 0 Å². The van der Waals surface area contributed by atoms with Crippen LogP contribution in [0.25, 0.3) is 0 Å². The predicted molar refractivity (Wildman–Crippen MR) is 102 cm³/mol. The molecule has 0 bridgehead atoms. The van der Waals surface area contributed by atoms with E-state index in [1.165, 1.54) is 11.6 Å². The van der Waals surface area contributed by atoms with Crippen LogP contribution in [-0.2, 0) is 17.8 Å². The zero-order chi connectivity index (χ0) is 18.2. The van der Waals surface area contributed by atoms with Gasteiger partial charge in [-0.2, -0.15) is 0 Å². The maximum Gasteiger partial charge on any atom is 0.222 e. The van der Waals surface area contributed by atoms with Crippen molar-refractivity contribution in [3.05, 3.63) is 71.5 Å². The molecule has 1 N–H and O–H groups in total. The number of nitrogens with one attached hydrogen (secondary N) is 1. The minimum atomic E-state index is -0.199. The summed E-state index contributed by atoms with van der Waals surface area (Å²) >= 11 is 0. The summed E-state index contributed by atoms with van der Waals surface area (Å²) in [5.74, 6) is 0.0865. The third kappa shape index (κ3) is 5.40. The summed E-state index contributed by atoms with van der Waals surface area (Å²) in [6, 6.07) is 17.4. The number of halogens is 1. The molecule has 1 atom stereocenters. The summed E-state index contributed by atoms with van der Waals surface area (Å²) in [7, 11) is 0. The Morgan fingerprint density at radius 3 is 2.69 bits per heavy atom. The first-order valence-electron chi connectivity index (χ1n) is 9.51. The fourth-order valence-corrected chi connectivity index (χ4v) is 3.65. The summed E-state index contributed by atoms with van der Waals surface area (Å²) in [4.78, 5) is 14.2. The lowest BCUT2D eigenvalue weighted by molar-refractivity contribution is -0.129. The number of nitrogens with zero attached hydrogens (tertiary/aromatic N) is 1. The maximum absolute atomic E-state index is 13.2. The van der Waals surface area contributed by atoms with Crippen LogP contribution in [0.1, 0.15) is 36.8 Å². The fourth-order valence-electron chi connectivity index (χ4n) is 3.65. The molecule has 2 aromatic rings. The smallest absolute Gasteiger partial charge is 0.222 e. The van der Waals surface area contributed by atoms with Crippen molar-refractivity contribution in [3.63, 3.8) is 0 Å². The van der Waals surface area contributed by atoms with E-state index >= 15 is 0 Å². The van der Waals surface area contributed by atoms with Gasteiger partial charge >= 0.3 is 0 Å². The second-order valence-electron chi connectivity index (χ2n) is 6.96. The molecule has 3 nitrogen and oxygen atoms in total. The van der Waals surface area contributed by atoms with Crippen molar-refractivity contribution in [2.75, 3.05) is 13.1 Å². The molecule has 1 fully saturated rings. The van der Waals surface area contributed by atoms with Gasteiger partial charge in [-0.1, -0.05) is 42.5 Å². The highest BCUT2D eigenvalue weighted by atomic mass is 19.1. The van der Waals surface area contributed by atoms with Gasteiger partial charge in [-0.25, -0.2) is 4.39 Å². The first-order chi connectivity index (χ1) is 12.7. The minimum Gasteiger partial charge on any atom is -0.340 e. The average Bonchev–Trinajstić information content (AvgIpc) is 3.00. The summed E-state index contributed by atoms with van der Waals surface area (Å²) in [5.41, 5.74) is 2.28. The molecule has 0 radical (unpaired) electrons. The highest BCUT2D eigenvalue weighted by Gasteiger charge is 2.29. The number of aryl methyl sites for hydroxylation is 1. The number of likely N-dealkylation sites (tertiary alicyclic amines) is 1. The molecule has 1 heterocycles. The molecule has 4 heteroatoms. The molecule has 26 heavy (non-hydrogen) atoms. The standard InChI is InChI=1S/C22H27FN2O/c23-20-10-4-8-19(16-20)17-24-14-13-21-11-12-22(26)25(21)15-5-9-18-6-2-1-3-7-18/h1-4,6-8,10,16,21,24H,5,9,11-15,17H2/t21-/m0/s1. The highest BCUT2D eigenvalue weighted by molar-refractivity contribution is 5.78. The molecule has 0 aromatic heterocycles. The van der Waals surface area contributed by atoms with Gasteiger partial charge in [-0.05, 0) is 55.5 Å². The normalized spacial score (nSPS) is 17.0. The van der Waals surface area contributed by atoms with Gasteiger partial charge in [0.05, 0.1) is 0 Å². The van der Waals surface area contributed by atoms with Crippen LogP contribution in [0.15, 0.2) is 54.6 Å². The Bertz CT molecular complexity index is 704. The van der Waals surface area contributed by atoms with Crippen molar-refractivity contribution >= 4 is 5.91 Å². The number of carbonyl (C=O) groups is 1. The minimum absolute atomic E-state index is 0.199. The molecule has 2 aromatic carbocycles. The van der Waals surface area contributed by atoms with Crippen molar-refractivity contribution in [3.8, 4) is 0 Å². The monoisotopic (exact) mass is 354 g/mol. The molecular formula is C22H27FN2O. The summed E-state index contributed by atoms with van der Waals surface area (Å²) in [6.07, 6.45) is 4.58. The number of hydrogen-bond acceptors (Lipinski definition) is 2. The molecule has 3 rings (SSSR count). The van der Waals surface area contributed by atoms with E-state index in [-0.39, 0.29) is 11.7 Å². The Morgan fingerprint density at radius 2 is 1.88 bits per heavy atom. The fraction of sp³-hybridized carbons (Fsp3) is 0.409. The molecule has 1 amide bonds. The molecule has 1 saturated heterocycles. The largest absolute Gasteiger partial charge is 0.340 e. The third-order valence-electron chi connectivity index (χ3n) is 5.03. The Labute approximate surface area is 155 Å². The second-order valence-corrected chi connectivity index (χ2v) is 6.96. The third-order valence-corrected chi connectivity index (χ3v) is 5.03. The topological polar surface area (TPSA) is 32.3 Å². The van der Waals surface area contributed by atoms with Crippen molar-refractivity contribution < 1.29 is 9.18 Å². The Balaban J connectivity index is 1.39. The van der Waals surface area contributed by atoms with Gasteiger partial charge in [0.1, 0.15) is 5.82 Å². The Morgan fingerprint density at radius 1 is 1.08 bits per heavy atom. The average molecular weight is 354 g/mol. The van der Waals surface area contributed by atoms with Crippen LogP contribution in [-0.4, -0.2) is 29.9 Å². The first kappa shape index (κ1) is 18.6. The lowest BCUT2D eigenvalue weighted by Crippen LogP contribution is -2.36. The summed E-state index contributed by atoms with van der Waals surface area (Å²) in [5, 5.41) is 3.37. The summed E-state index contributed by atoms with van der Waals surface area (Å²) < 4.78 is 13.2. The van der Waals surface area contributed by atoms with Gasteiger partial charge in [-0.3, -0.25) is 4.79 Å². The zero-order valence-corrected chi connectivity index (χ0v) is 15.2. The molecule has 0 spiro atoms. The van der Waals surface area contributed by atoms with Crippen molar-refractivity contribution in [2.45, 2.75) is 44.7 Å². The predicted octanol–water partition coefficient (Wildman–Crippen LogP) is 3.93. The molecule has 1 aliphatic rings. The number of amides is 1. The van der Waals surface area contributed by atoms with Crippen LogP contribution >= 0.6 is 0 Å². The van der Waals surface area contributed by atoms with E-state index in [1.54, 1.807) is 12.1 Å². The van der Waals surface area contributed by atoms with Crippen molar-refractivity contribution in [1.82, 2.24) is 10.2 Å². The maximum atomic E-state index is 13.2. The highest BCUT2D eigenvalue weighted by Crippen LogP contribution is 2.22. The zero-order valence-electron chi connectivity index (χ0n) is 15.2. The van der Waals surface area contributed by atoms with E-state index < -0.39 is 0 Å². The van der Waals surface area contributed by atoms with Gasteiger partial charge in [0, 0.05) is 25.6 Å². The molecule has 0 unspecified atom stereocenters. The van der Waals surface area contributed by atoms with E-state index in [2.05, 4.69) is 34.5 Å². The summed E-state index contributed by atoms with van der Waals surface area (Å²) in [6.45, 7) is 2.33. The number of benzene rings is 2. The van der Waals surface area contributed by atoms with Gasteiger partial charge in [0.2, 0.25) is 5.91 Å². The van der Waals surface area contributed by atoms with Crippen LogP contribution in [0.5, 0.6) is 0 Å². The number of carbonyl (C=O) groups excluding carboxylic acids is 1. The number of hydrogen-bond donors (Lipinski definition) is 1. The lowest BCUT2D eigenvalue weighted by atomic mass is 10.1. The second kappa shape index (κ2) is 9.48. The van der Waals surface area contributed by atoms with Crippen LogP contribution in [0.4, 0.5) is 4.39 Å². The first-order valence-corrected chi connectivity index (χ1v) is 9.51. The van der Waals surface area contributed by atoms with Crippen molar-refractivity contribution in [2.24, 2.45) is 0 Å². The van der Waals surface area contributed by atoms with E-state index in [0.717, 1.165) is 44.3 Å². The molecule has 0 saturated carbocycles. The van der Waals surface area contributed by atoms with Gasteiger partial charge in [0.25, 0.3) is 0 Å². The number of rotatable bonds is 9. The van der Waals surface area contributed by atoms with Crippen LogP contribution in [0.2, 0.25) is 0 Å².